The topological polar surface area (TPSA) is 0 Å². The molecule has 0 bridgehead atoms. The van der Waals surface area contributed by atoms with E-state index in [-0.39, 0.29) is 0 Å². The largest absolute Gasteiger partial charge is 0.375 e. The highest BCUT2D eigenvalue weighted by Crippen LogP contribution is 2.68. The molecular weight excluding hydrogens is 653 g/mol. The summed E-state index contributed by atoms with van der Waals surface area (Å²) in [6, 6.07) is 0. The second-order valence-electron chi connectivity index (χ2n) is 5.59. The van der Waals surface area contributed by atoms with Gasteiger partial charge < -0.3 is 0 Å². The minimum absolute atomic E-state index is 3.74. The average molecular weight is 653 g/mol. The van der Waals surface area contributed by atoms with Crippen LogP contribution >= 0.6 is 81.2 Å². The first-order valence-corrected chi connectivity index (χ1v) is 9.05. The maximum absolute atomic E-state index is 14.1. The maximum Gasteiger partial charge on any atom is 0.375 e. The SMILES string of the molecule is FC(Cl)(Cl)C(F)(F)[C@@](F)(Cl)C(F)(F)[C@](F)(Cl)C(F)(F)[C@@](F)(Cl)C(F)(F)[C@@](F)(Cl)C(F)(F)Cl. The summed E-state index contributed by atoms with van der Waals surface area (Å²) >= 11 is 27.2. The Labute approximate surface area is 201 Å². The van der Waals surface area contributed by atoms with E-state index < -0.39 is 54.2 Å². The van der Waals surface area contributed by atoms with Crippen molar-refractivity contribution in [1.82, 2.24) is 0 Å². The van der Waals surface area contributed by atoms with Crippen molar-refractivity contribution in [3.05, 3.63) is 0 Å². The monoisotopic (exact) mass is 650 g/mol. The minimum atomic E-state index is -7.80. The zero-order valence-electron chi connectivity index (χ0n) is 13.3. The lowest BCUT2D eigenvalue weighted by molar-refractivity contribution is -0.331. The minimum Gasteiger partial charge on any atom is -0.212 e. The highest BCUT2D eigenvalue weighted by atomic mass is 35.5. The predicted octanol–water partition coefficient (Wildman–Crippen LogP) is 9.08. The van der Waals surface area contributed by atoms with Crippen molar-refractivity contribution in [2.24, 2.45) is 0 Å². The zero-order chi connectivity index (χ0) is 27.0. The molecule has 0 fully saturated rings. The second-order valence-corrected chi connectivity index (χ2v) is 9.38. The third-order valence-electron chi connectivity index (χ3n) is 3.47. The highest BCUT2D eigenvalue weighted by Gasteiger charge is 2.94. The van der Waals surface area contributed by atoms with Crippen molar-refractivity contribution in [2.75, 3.05) is 0 Å². The first-order valence-electron chi connectivity index (χ1n) is 6.41. The van der Waals surface area contributed by atoms with Crippen LogP contribution in [0.2, 0.25) is 0 Å². The van der Waals surface area contributed by atoms with E-state index in [2.05, 4.69) is 81.2 Å². The van der Waals surface area contributed by atoms with Gasteiger partial charge in [-0.1, -0.05) is 69.6 Å². The Bertz CT molecular complexity index is 646. The Morgan fingerprint density at radius 1 is 0.281 bits per heavy atom. The molecule has 0 saturated carbocycles. The summed E-state index contributed by atoms with van der Waals surface area (Å²) in [6.07, 6.45) is 0. The Morgan fingerprint density at radius 3 is 0.656 bits per heavy atom. The normalized spacial score (nSPS) is 23.1. The Morgan fingerprint density at radius 2 is 0.469 bits per heavy atom. The van der Waals surface area contributed by atoms with E-state index in [0.717, 1.165) is 0 Å². The van der Waals surface area contributed by atoms with Crippen LogP contribution in [-0.2, 0) is 0 Å². The van der Waals surface area contributed by atoms with Crippen LogP contribution < -0.4 is 0 Å². The van der Waals surface area contributed by atoms with Crippen LogP contribution in [0.3, 0.4) is 0 Å². The highest BCUT2D eigenvalue weighted by molar-refractivity contribution is 6.48. The van der Waals surface area contributed by atoms with E-state index in [1.165, 1.54) is 0 Å². The lowest BCUT2D eigenvalue weighted by Gasteiger charge is -2.47. The van der Waals surface area contributed by atoms with Gasteiger partial charge in [-0.3, -0.25) is 0 Å². The molecule has 0 aliphatic heterocycles. The van der Waals surface area contributed by atoms with Crippen LogP contribution in [0, 0.1) is 0 Å². The zero-order valence-corrected chi connectivity index (χ0v) is 18.6. The van der Waals surface area contributed by atoms with Crippen molar-refractivity contribution in [1.29, 1.82) is 0 Å². The number of hydrogen-bond donors (Lipinski definition) is 0. The van der Waals surface area contributed by atoms with Gasteiger partial charge in [-0.15, -0.1) is 0 Å². The number of hydrogen-bond acceptors (Lipinski definition) is 0. The summed E-state index contributed by atoms with van der Waals surface area (Å²) in [7, 11) is 0. The maximum atomic E-state index is 14.1. The Balaban J connectivity index is 7.00. The van der Waals surface area contributed by atoms with Gasteiger partial charge in [-0.25, -0.2) is 22.0 Å². The van der Waals surface area contributed by atoms with Crippen molar-refractivity contribution < 1.29 is 65.9 Å². The molecule has 0 N–H and O–H groups in total. The van der Waals surface area contributed by atoms with Crippen molar-refractivity contribution in [3.63, 3.8) is 0 Å². The van der Waals surface area contributed by atoms with Crippen LogP contribution in [-0.4, -0.2) is 54.2 Å². The summed E-state index contributed by atoms with van der Waals surface area (Å²) in [6.45, 7) is 0. The van der Waals surface area contributed by atoms with E-state index in [1.807, 2.05) is 0 Å². The lowest BCUT2D eigenvalue weighted by Crippen LogP contribution is -2.75. The number of halogens is 22. The van der Waals surface area contributed by atoms with E-state index >= 15 is 0 Å². The Kier molecular flexibility index (Phi) is 8.51. The fraction of sp³-hybridized carbons (Fsp3) is 1.00. The molecule has 0 aliphatic rings. The van der Waals surface area contributed by atoms with Gasteiger partial charge in [0.2, 0.25) is 0 Å². The predicted molar refractivity (Wildman–Crippen MR) is 84.9 cm³/mol. The molecule has 0 aromatic heterocycles. The van der Waals surface area contributed by atoms with Crippen LogP contribution in [0.25, 0.3) is 0 Å². The molecule has 0 rings (SSSR count). The molecule has 32 heavy (non-hydrogen) atoms. The molecule has 0 saturated heterocycles. The molecule has 0 unspecified atom stereocenters. The summed E-state index contributed by atoms with van der Waals surface area (Å²) in [4.78, 5) is 0. The molecule has 0 spiro atoms. The lowest BCUT2D eigenvalue weighted by atomic mass is 9.91. The van der Waals surface area contributed by atoms with Crippen molar-refractivity contribution in [2.45, 2.75) is 54.2 Å². The van der Waals surface area contributed by atoms with Crippen LogP contribution in [0.15, 0.2) is 0 Å². The fourth-order valence-corrected chi connectivity index (χ4v) is 3.07. The molecule has 194 valence electrons. The summed E-state index contributed by atoms with van der Waals surface area (Å²) in [5.41, 5.74) is 0. The number of rotatable bonds is 9. The second kappa shape index (κ2) is 8.25. The molecule has 0 aliphatic carbocycles. The smallest absolute Gasteiger partial charge is 0.212 e. The first kappa shape index (κ1) is 33.0. The molecule has 0 heterocycles. The van der Waals surface area contributed by atoms with E-state index in [1.54, 1.807) is 0 Å². The quantitative estimate of drug-likeness (QED) is 0.172. The van der Waals surface area contributed by atoms with Gasteiger partial charge in [-0.05, 0) is 11.6 Å². The number of alkyl halides is 22. The third kappa shape index (κ3) is 4.14. The van der Waals surface area contributed by atoms with Gasteiger partial charge in [0, 0.05) is 0 Å². The molecule has 4 atom stereocenters. The van der Waals surface area contributed by atoms with Crippen molar-refractivity contribution >= 4 is 81.2 Å². The van der Waals surface area contributed by atoms with E-state index in [9.17, 15) is 65.9 Å². The van der Waals surface area contributed by atoms with Gasteiger partial charge in [0.1, 0.15) is 0 Å². The van der Waals surface area contributed by atoms with Crippen LogP contribution in [0.5, 0.6) is 0 Å². The van der Waals surface area contributed by atoms with E-state index in [0.29, 0.717) is 0 Å². The standard InChI is InChI=1S/C10Cl7F15/c11-1(18,6(24,25)3(13,20)8(28,29)9(15,16)30)5(22,23)2(12,19)7(26,27)4(14,21)10(17,31)32/t1-,2-,3+,4-/m0/s1. The summed E-state index contributed by atoms with van der Waals surface area (Å²) < 4.78 is 198. The van der Waals surface area contributed by atoms with Gasteiger partial charge in [0.15, 0.2) is 0 Å². The molecule has 0 radical (unpaired) electrons. The first-order chi connectivity index (χ1) is 13.2. The van der Waals surface area contributed by atoms with Gasteiger partial charge >= 0.3 is 54.2 Å². The van der Waals surface area contributed by atoms with Crippen molar-refractivity contribution in [3.8, 4) is 0 Å². The van der Waals surface area contributed by atoms with E-state index in [4.69, 9.17) is 0 Å². The molecule has 22 heteroatoms. The van der Waals surface area contributed by atoms with Crippen LogP contribution in [0.4, 0.5) is 65.9 Å². The molecule has 0 nitrogen and oxygen atoms in total. The molecular formula is C10Cl7F15. The molecule has 0 aromatic carbocycles. The average Bonchev–Trinajstić information content (AvgIpc) is 2.51. The van der Waals surface area contributed by atoms with Crippen LogP contribution in [0.1, 0.15) is 0 Å². The molecule has 0 aromatic rings. The molecule has 0 amide bonds. The van der Waals surface area contributed by atoms with Gasteiger partial charge in [0.25, 0.3) is 0 Å². The third-order valence-corrected chi connectivity index (χ3v) is 6.20. The summed E-state index contributed by atoms with van der Waals surface area (Å²) in [5, 5.41) is -34.5. The Hall–Kier alpha value is 0.980. The van der Waals surface area contributed by atoms with Gasteiger partial charge in [0.05, 0.1) is 0 Å². The summed E-state index contributed by atoms with van der Waals surface area (Å²) in [5.74, 6) is -29.8. The van der Waals surface area contributed by atoms with Gasteiger partial charge in [-0.2, -0.15) is 43.9 Å². The fourth-order valence-electron chi connectivity index (χ4n) is 1.54.